The van der Waals surface area contributed by atoms with E-state index in [1.807, 2.05) is 19.1 Å². The minimum atomic E-state index is 0.323. The van der Waals surface area contributed by atoms with Crippen LogP contribution in [0.15, 0.2) is 12.1 Å². The number of thiocarbonyl (C=S) groups is 1. The summed E-state index contributed by atoms with van der Waals surface area (Å²) in [5.74, 6) is 5.80. The van der Waals surface area contributed by atoms with E-state index in [1.165, 1.54) is 0 Å². The summed E-state index contributed by atoms with van der Waals surface area (Å²) >= 11 is 4.88. The van der Waals surface area contributed by atoms with Gasteiger partial charge >= 0.3 is 5.65 Å². The summed E-state index contributed by atoms with van der Waals surface area (Å²) in [6, 6.07) is 3.91. The highest BCUT2D eigenvalue weighted by atomic mass is 32.1. The molecule has 0 saturated carbocycles. The molecule has 0 fully saturated rings. The fourth-order valence-corrected chi connectivity index (χ4v) is 1.39. The fourth-order valence-electron chi connectivity index (χ4n) is 1.29. The van der Waals surface area contributed by atoms with Gasteiger partial charge in [-0.25, -0.2) is 10.8 Å². The first-order valence-electron chi connectivity index (χ1n) is 4.35. The number of aromatic nitrogens is 3. The van der Waals surface area contributed by atoms with Crippen molar-refractivity contribution >= 4 is 34.2 Å². The second kappa shape index (κ2) is 3.79. The number of anilines is 1. The molecular formula is C8H11N6S+. The lowest BCUT2D eigenvalue weighted by atomic mass is 10.3. The Bertz CT molecular complexity index is 505. The van der Waals surface area contributed by atoms with Crippen LogP contribution in [0.5, 0.6) is 0 Å². The van der Waals surface area contributed by atoms with Crippen molar-refractivity contribution in [1.29, 1.82) is 0 Å². The summed E-state index contributed by atoms with van der Waals surface area (Å²) in [5, 5.41) is 11.1. The van der Waals surface area contributed by atoms with Gasteiger partial charge in [0.25, 0.3) is 0 Å². The van der Waals surface area contributed by atoms with Crippen LogP contribution in [0.3, 0.4) is 0 Å². The Morgan fingerprint density at radius 2 is 2.40 bits per heavy atom. The molecule has 0 amide bonds. The highest BCUT2D eigenvalue weighted by Gasteiger charge is 2.12. The molecule has 2 heterocycles. The number of nitrogens with zero attached hydrogens (tertiary/aromatic N) is 1. The van der Waals surface area contributed by atoms with Crippen LogP contribution in [0.1, 0.15) is 5.69 Å². The normalized spacial score (nSPS) is 10.3. The van der Waals surface area contributed by atoms with E-state index in [0.29, 0.717) is 10.9 Å². The maximum atomic E-state index is 5.16. The third-order valence-corrected chi connectivity index (χ3v) is 2.21. The van der Waals surface area contributed by atoms with Crippen molar-refractivity contribution in [1.82, 2.24) is 15.6 Å². The van der Waals surface area contributed by atoms with Crippen molar-refractivity contribution in [3.05, 3.63) is 17.8 Å². The van der Waals surface area contributed by atoms with E-state index in [2.05, 4.69) is 25.9 Å². The summed E-state index contributed by atoms with van der Waals surface area (Å²) in [6.45, 7) is 1.97. The van der Waals surface area contributed by atoms with Crippen LogP contribution >= 0.6 is 12.2 Å². The van der Waals surface area contributed by atoms with Gasteiger partial charge in [0.1, 0.15) is 5.39 Å². The molecule has 0 aromatic carbocycles. The van der Waals surface area contributed by atoms with Crippen molar-refractivity contribution in [3.63, 3.8) is 0 Å². The average Bonchev–Trinajstić information content (AvgIpc) is 2.60. The van der Waals surface area contributed by atoms with Gasteiger partial charge in [0.05, 0.1) is 5.69 Å². The molecule has 2 aromatic rings. The van der Waals surface area contributed by atoms with Gasteiger partial charge in [0, 0.05) is 0 Å². The number of aryl methyl sites for hydroxylation is 1. The molecule has 15 heavy (non-hydrogen) atoms. The zero-order chi connectivity index (χ0) is 10.8. The van der Waals surface area contributed by atoms with E-state index >= 15 is 0 Å². The molecule has 0 atom stereocenters. The topological polar surface area (TPSA) is 92.9 Å². The maximum Gasteiger partial charge on any atom is 0.308 e. The van der Waals surface area contributed by atoms with Crippen LogP contribution in [0.2, 0.25) is 0 Å². The number of nitrogens with one attached hydrogen (secondary N) is 4. The van der Waals surface area contributed by atoms with Gasteiger partial charge in [-0.05, 0) is 31.3 Å². The van der Waals surface area contributed by atoms with Gasteiger partial charge in [0.15, 0.2) is 10.9 Å². The highest BCUT2D eigenvalue weighted by molar-refractivity contribution is 7.80. The molecule has 2 aromatic heterocycles. The van der Waals surface area contributed by atoms with Crippen molar-refractivity contribution < 1.29 is 4.98 Å². The minimum absolute atomic E-state index is 0.323. The molecular weight excluding hydrogens is 212 g/mol. The second-order valence-corrected chi connectivity index (χ2v) is 3.51. The summed E-state index contributed by atoms with van der Waals surface area (Å²) in [5.41, 5.74) is 4.23. The number of hydrazine groups is 1. The highest BCUT2D eigenvalue weighted by Crippen LogP contribution is 2.16. The van der Waals surface area contributed by atoms with Gasteiger partial charge in [0.2, 0.25) is 0 Å². The number of rotatable bonds is 1. The van der Waals surface area contributed by atoms with E-state index in [-0.39, 0.29) is 0 Å². The number of hydrogen-bond donors (Lipinski definition) is 4. The number of fused-ring (bicyclic) bond motifs is 1. The number of hydrogen-bond acceptors (Lipinski definition) is 3. The Morgan fingerprint density at radius 3 is 3.13 bits per heavy atom. The second-order valence-electron chi connectivity index (χ2n) is 3.10. The van der Waals surface area contributed by atoms with Gasteiger partial charge in [-0.2, -0.15) is 0 Å². The number of pyridine rings is 1. The lowest BCUT2D eigenvalue weighted by Crippen LogP contribution is -2.34. The molecule has 78 valence electrons. The lowest BCUT2D eigenvalue weighted by molar-refractivity contribution is -0.357. The fraction of sp³-hybridized carbons (Fsp3) is 0.125. The van der Waals surface area contributed by atoms with Crippen LogP contribution in [0.25, 0.3) is 11.0 Å². The zero-order valence-electron chi connectivity index (χ0n) is 8.09. The molecule has 2 rings (SSSR count). The van der Waals surface area contributed by atoms with Crippen molar-refractivity contribution in [2.45, 2.75) is 6.92 Å². The van der Waals surface area contributed by atoms with Gasteiger partial charge in [-0.15, -0.1) is 5.10 Å². The number of nitrogens with two attached hydrogens (primary N) is 1. The number of aromatic amines is 2. The van der Waals surface area contributed by atoms with E-state index in [1.54, 1.807) is 0 Å². The van der Waals surface area contributed by atoms with Crippen LogP contribution in [0.4, 0.5) is 5.82 Å². The molecule has 0 saturated heterocycles. The molecule has 6 nitrogen and oxygen atoms in total. The molecule has 7 heteroatoms. The SMILES string of the molecule is Cc1ccc2c(NC(=S)NN)n[nH]c2[nH+]1. The lowest BCUT2D eigenvalue weighted by Gasteiger charge is -2.01. The van der Waals surface area contributed by atoms with Gasteiger partial charge in [-0.3, -0.25) is 0 Å². The van der Waals surface area contributed by atoms with E-state index in [4.69, 9.17) is 18.1 Å². The Morgan fingerprint density at radius 1 is 1.60 bits per heavy atom. The standard InChI is InChI=1S/C8H10N6S/c1-4-2-3-5-6(10-4)13-14-7(5)11-8(15)12-9/h2-3H,9H2,1H3,(H3,10,11,12,13,14,15)/p+1. The summed E-state index contributed by atoms with van der Waals surface area (Å²) < 4.78 is 0. The summed E-state index contributed by atoms with van der Waals surface area (Å²) in [6.07, 6.45) is 0. The predicted molar refractivity (Wildman–Crippen MR) is 60.9 cm³/mol. The molecule has 0 aliphatic heterocycles. The van der Waals surface area contributed by atoms with Crippen LogP contribution in [-0.2, 0) is 0 Å². The first kappa shape index (κ1) is 9.81. The summed E-state index contributed by atoms with van der Waals surface area (Å²) in [7, 11) is 0. The van der Waals surface area contributed by atoms with Crippen LogP contribution in [-0.4, -0.2) is 15.3 Å². The van der Waals surface area contributed by atoms with E-state index in [9.17, 15) is 0 Å². The number of H-pyrrole nitrogens is 2. The van der Waals surface area contributed by atoms with E-state index in [0.717, 1.165) is 16.7 Å². The Kier molecular flexibility index (Phi) is 2.48. The molecule has 0 bridgehead atoms. The quantitative estimate of drug-likeness (QED) is 0.306. The Hall–Kier alpha value is -1.73. The maximum absolute atomic E-state index is 5.16. The first-order valence-corrected chi connectivity index (χ1v) is 4.76. The molecule has 0 radical (unpaired) electrons. The monoisotopic (exact) mass is 223 g/mol. The molecule has 6 N–H and O–H groups in total. The van der Waals surface area contributed by atoms with Crippen molar-refractivity contribution in [2.75, 3.05) is 5.32 Å². The van der Waals surface area contributed by atoms with Crippen molar-refractivity contribution in [3.8, 4) is 0 Å². The largest absolute Gasteiger partial charge is 0.312 e. The third-order valence-electron chi connectivity index (χ3n) is 1.99. The van der Waals surface area contributed by atoms with Crippen LogP contribution in [0, 0.1) is 6.92 Å². The molecule has 0 aliphatic carbocycles. The Balaban J connectivity index is 2.41. The van der Waals surface area contributed by atoms with E-state index < -0.39 is 0 Å². The minimum Gasteiger partial charge on any atom is -0.312 e. The van der Waals surface area contributed by atoms with Crippen LogP contribution < -0.4 is 21.6 Å². The smallest absolute Gasteiger partial charge is 0.308 e. The van der Waals surface area contributed by atoms with Gasteiger partial charge < -0.3 is 10.7 Å². The average molecular weight is 223 g/mol. The molecule has 0 unspecified atom stereocenters. The van der Waals surface area contributed by atoms with Gasteiger partial charge in [-0.1, -0.05) is 5.10 Å². The predicted octanol–water partition coefficient (Wildman–Crippen LogP) is -0.154. The summed E-state index contributed by atoms with van der Waals surface area (Å²) in [4.78, 5) is 3.15. The molecule has 0 spiro atoms. The van der Waals surface area contributed by atoms with Crippen molar-refractivity contribution in [2.24, 2.45) is 5.84 Å². The third kappa shape index (κ3) is 1.88. The zero-order valence-corrected chi connectivity index (χ0v) is 8.90. The first-order chi connectivity index (χ1) is 7.20. The molecule has 0 aliphatic rings. The Labute approximate surface area is 91.2 Å².